The Balaban J connectivity index is 2.61. The molecule has 1 heterocycles. The highest BCUT2D eigenvalue weighted by Crippen LogP contribution is 2.42. The van der Waals surface area contributed by atoms with Crippen LogP contribution in [-0.2, 0) is 13.0 Å². The molecule has 0 radical (unpaired) electrons. The first-order chi connectivity index (χ1) is 9.17. The van der Waals surface area contributed by atoms with Crippen molar-refractivity contribution in [3.63, 3.8) is 0 Å². The van der Waals surface area contributed by atoms with E-state index in [1.54, 1.807) is 14.2 Å². The van der Waals surface area contributed by atoms with Crippen LogP contribution in [-0.4, -0.2) is 37.3 Å². The largest absolute Gasteiger partial charge is 0.496 e. The minimum absolute atomic E-state index is 0.0291. The van der Waals surface area contributed by atoms with Crippen LogP contribution in [0.4, 0.5) is 0 Å². The number of methoxy groups -OCH3 is 2. The molecule has 1 aromatic rings. The Labute approximate surface area is 114 Å². The van der Waals surface area contributed by atoms with Gasteiger partial charge in [-0.1, -0.05) is 6.92 Å². The molecule has 1 aromatic carbocycles. The number of benzene rings is 1. The lowest BCUT2D eigenvalue weighted by atomic mass is 9.89. The van der Waals surface area contributed by atoms with Gasteiger partial charge in [-0.3, -0.25) is 4.90 Å². The lowest BCUT2D eigenvalue weighted by Gasteiger charge is -2.36. The van der Waals surface area contributed by atoms with Gasteiger partial charge in [0.05, 0.1) is 20.8 Å². The number of nitrogens with zero attached hydrogens (tertiary/aromatic N) is 1. The molecule has 1 aliphatic heterocycles. The van der Waals surface area contributed by atoms with Crippen LogP contribution in [0.2, 0.25) is 0 Å². The van der Waals surface area contributed by atoms with Crippen molar-refractivity contribution < 1.29 is 14.6 Å². The molecule has 0 aromatic heterocycles. The van der Waals surface area contributed by atoms with Crippen molar-refractivity contribution in [2.24, 2.45) is 0 Å². The summed E-state index contributed by atoms with van der Waals surface area (Å²) in [6, 6.07) is 2.21. The standard InChI is InChI=1S/C15H23NO3/c1-5-16-7-6-12-14(10(16)2)13(18-3)8-11(9-17)15(12)19-4/h8,10,17H,5-7,9H2,1-4H3. The summed E-state index contributed by atoms with van der Waals surface area (Å²) in [5, 5.41) is 9.49. The minimum Gasteiger partial charge on any atom is -0.496 e. The normalized spacial score (nSPS) is 19.1. The highest BCUT2D eigenvalue weighted by Gasteiger charge is 2.29. The molecule has 2 rings (SSSR count). The molecule has 0 bridgehead atoms. The SMILES string of the molecule is CCN1CCc2c(OC)c(CO)cc(OC)c2C1C. The Hall–Kier alpha value is -1.26. The van der Waals surface area contributed by atoms with E-state index in [1.165, 1.54) is 11.1 Å². The summed E-state index contributed by atoms with van der Waals surface area (Å²) in [6.07, 6.45) is 0.931. The zero-order valence-corrected chi connectivity index (χ0v) is 12.2. The second-order valence-electron chi connectivity index (χ2n) is 4.88. The van der Waals surface area contributed by atoms with E-state index in [0.717, 1.165) is 36.6 Å². The monoisotopic (exact) mass is 265 g/mol. The van der Waals surface area contributed by atoms with Crippen LogP contribution in [0.15, 0.2) is 6.07 Å². The van der Waals surface area contributed by atoms with Crippen LogP contribution in [0, 0.1) is 0 Å². The van der Waals surface area contributed by atoms with Crippen LogP contribution in [0.25, 0.3) is 0 Å². The summed E-state index contributed by atoms with van der Waals surface area (Å²) in [4.78, 5) is 2.42. The number of aliphatic hydroxyl groups excluding tert-OH is 1. The van der Waals surface area contributed by atoms with Gasteiger partial charge in [0.2, 0.25) is 0 Å². The average Bonchev–Trinajstić information content (AvgIpc) is 2.45. The topological polar surface area (TPSA) is 41.9 Å². The fourth-order valence-corrected chi connectivity index (χ4v) is 3.08. The maximum atomic E-state index is 9.49. The number of ether oxygens (including phenoxy) is 2. The summed E-state index contributed by atoms with van der Waals surface area (Å²) in [5.74, 6) is 1.67. The number of rotatable bonds is 4. The first-order valence-corrected chi connectivity index (χ1v) is 6.79. The third-order valence-electron chi connectivity index (χ3n) is 4.08. The van der Waals surface area contributed by atoms with E-state index < -0.39 is 0 Å². The van der Waals surface area contributed by atoms with Gasteiger partial charge in [-0.25, -0.2) is 0 Å². The Morgan fingerprint density at radius 3 is 2.63 bits per heavy atom. The molecule has 1 N–H and O–H groups in total. The molecular formula is C15H23NO3. The van der Waals surface area contributed by atoms with E-state index in [1.807, 2.05) is 6.07 Å². The highest BCUT2D eigenvalue weighted by molar-refractivity contribution is 5.56. The second kappa shape index (κ2) is 5.80. The van der Waals surface area contributed by atoms with Crippen LogP contribution < -0.4 is 9.47 Å². The van der Waals surface area contributed by atoms with Crippen LogP contribution in [0.5, 0.6) is 11.5 Å². The van der Waals surface area contributed by atoms with Crippen molar-refractivity contribution in [2.45, 2.75) is 32.9 Å². The number of hydrogen-bond donors (Lipinski definition) is 1. The van der Waals surface area contributed by atoms with Gasteiger partial charge in [0.15, 0.2) is 0 Å². The maximum absolute atomic E-state index is 9.49. The van der Waals surface area contributed by atoms with Crippen molar-refractivity contribution in [1.29, 1.82) is 0 Å². The zero-order chi connectivity index (χ0) is 14.0. The molecule has 0 aliphatic carbocycles. The van der Waals surface area contributed by atoms with Crippen molar-refractivity contribution in [3.8, 4) is 11.5 Å². The third-order valence-corrected chi connectivity index (χ3v) is 4.08. The first kappa shape index (κ1) is 14.2. The first-order valence-electron chi connectivity index (χ1n) is 6.79. The van der Waals surface area contributed by atoms with Crippen LogP contribution in [0.3, 0.4) is 0 Å². The van der Waals surface area contributed by atoms with Gasteiger partial charge in [-0.05, 0) is 26.0 Å². The van der Waals surface area contributed by atoms with Crippen molar-refractivity contribution >= 4 is 0 Å². The van der Waals surface area contributed by atoms with Gasteiger partial charge in [0.25, 0.3) is 0 Å². The smallest absolute Gasteiger partial charge is 0.128 e. The van der Waals surface area contributed by atoms with Crippen LogP contribution in [0.1, 0.15) is 36.6 Å². The summed E-state index contributed by atoms with van der Waals surface area (Å²) < 4.78 is 11.0. The molecule has 0 saturated carbocycles. The number of aliphatic hydroxyl groups is 1. The number of fused-ring (bicyclic) bond motifs is 1. The summed E-state index contributed by atoms with van der Waals surface area (Å²) in [7, 11) is 3.35. The van der Waals surface area contributed by atoms with Crippen molar-refractivity contribution in [1.82, 2.24) is 4.90 Å². The molecule has 1 unspecified atom stereocenters. The lowest BCUT2D eigenvalue weighted by Crippen LogP contribution is -2.34. The molecule has 106 valence electrons. The molecule has 4 nitrogen and oxygen atoms in total. The van der Waals surface area contributed by atoms with Crippen molar-refractivity contribution in [3.05, 3.63) is 22.8 Å². The summed E-state index contributed by atoms with van der Waals surface area (Å²) >= 11 is 0. The van der Waals surface area contributed by atoms with E-state index >= 15 is 0 Å². The third kappa shape index (κ3) is 2.30. The molecule has 1 atom stereocenters. The Kier molecular flexibility index (Phi) is 4.32. The van der Waals surface area contributed by atoms with E-state index in [9.17, 15) is 5.11 Å². The molecule has 0 spiro atoms. The molecule has 1 aliphatic rings. The summed E-state index contributed by atoms with van der Waals surface area (Å²) in [5.41, 5.74) is 3.18. The minimum atomic E-state index is -0.0291. The van der Waals surface area contributed by atoms with Gasteiger partial charge < -0.3 is 14.6 Å². The van der Waals surface area contributed by atoms with E-state index in [-0.39, 0.29) is 6.61 Å². The van der Waals surface area contributed by atoms with Gasteiger partial charge in [-0.15, -0.1) is 0 Å². The van der Waals surface area contributed by atoms with Gasteiger partial charge in [0.1, 0.15) is 11.5 Å². The maximum Gasteiger partial charge on any atom is 0.128 e. The Bertz CT molecular complexity index is 459. The quantitative estimate of drug-likeness (QED) is 0.905. The molecule has 0 amide bonds. The van der Waals surface area contributed by atoms with Crippen LogP contribution >= 0.6 is 0 Å². The Morgan fingerprint density at radius 1 is 1.37 bits per heavy atom. The van der Waals surface area contributed by atoms with E-state index in [2.05, 4.69) is 18.7 Å². The van der Waals surface area contributed by atoms with E-state index in [0.29, 0.717) is 6.04 Å². The average molecular weight is 265 g/mol. The number of likely N-dealkylation sites (N-methyl/N-ethyl adjacent to an activating group) is 1. The predicted molar refractivity (Wildman–Crippen MR) is 74.8 cm³/mol. The van der Waals surface area contributed by atoms with Gasteiger partial charge in [-0.2, -0.15) is 0 Å². The molecule has 19 heavy (non-hydrogen) atoms. The van der Waals surface area contributed by atoms with Crippen molar-refractivity contribution in [2.75, 3.05) is 27.3 Å². The molecule has 0 fully saturated rings. The molecule has 4 heteroatoms. The molecule has 0 saturated heterocycles. The second-order valence-corrected chi connectivity index (χ2v) is 4.88. The zero-order valence-electron chi connectivity index (χ0n) is 12.2. The Morgan fingerprint density at radius 2 is 2.11 bits per heavy atom. The van der Waals surface area contributed by atoms with Gasteiger partial charge in [0, 0.05) is 29.3 Å². The number of hydrogen-bond acceptors (Lipinski definition) is 4. The van der Waals surface area contributed by atoms with Gasteiger partial charge >= 0.3 is 0 Å². The lowest BCUT2D eigenvalue weighted by molar-refractivity contribution is 0.201. The fourth-order valence-electron chi connectivity index (χ4n) is 3.08. The van der Waals surface area contributed by atoms with E-state index in [4.69, 9.17) is 9.47 Å². The predicted octanol–water partition coefficient (Wildman–Crippen LogP) is 2.14. The highest BCUT2D eigenvalue weighted by atomic mass is 16.5. The summed E-state index contributed by atoms with van der Waals surface area (Å²) in [6.45, 7) is 6.38. The fraction of sp³-hybridized carbons (Fsp3) is 0.600. The molecular weight excluding hydrogens is 242 g/mol.